The highest BCUT2D eigenvalue weighted by Gasteiger charge is 1.80. The van der Waals surface area contributed by atoms with Crippen molar-refractivity contribution in [1.29, 1.82) is 5.41 Å². The van der Waals surface area contributed by atoms with E-state index in [0.29, 0.717) is 5.71 Å². The van der Waals surface area contributed by atoms with E-state index in [0.717, 1.165) is 0 Å². The molecule has 0 radical (unpaired) electrons. The molecule has 0 aromatic rings. The summed E-state index contributed by atoms with van der Waals surface area (Å²) in [7, 11) is 0. The van der Waals surface area contributed by atoms with Crippen molar-refractivity contribution in [2.75, 3.05) is 0 Å². The normalized spacial score (nSPS) is 11.0. The van der Waals surface area contributed by atoms with E-state index in [9.17, 15) is 4.79 Å². The molecule has 0 amide bonds. The number of hydrogen-bond donors (Lipinski definition) is 1. The summed E-state index contributed by atoms with van der Waals surface area (Å²) in [5.41, 5.74) is 0.437. The predicted molar refractivity (Wildman–Crippen MR) is 42.5 cm³/mol. The molecule has 0 heterocycles. The lowest BCUT2D eigenvalue weighted by molar-refractivity contribution is -0.107. The van der Waals surface area contributed by atoms with Gasteiger partial charge in [0.2, 0.25) is 5.24 Å². The first-order valence-corrected chi connectivity index (χ1v) is 3.10. The number of carbonyl (C=O) groups is 1. The molecule has 0 fully saturated rings. The molecular formula is C7H8ClNO. The summed E-state index contributed by atoms with van der Waals surface area (Å²) in [6.07, 6.45) is 5.87. The quantitative estimate of drug-likeness (QED) is 0.289. The lowest BCUT2D eigenvalue weighted by Crippen LogP contribution is -1.77. The predicted octanol–water partition coefficient (Wildman–Crippen LogP) is 1.90. The minimum atomic E-state index is -0.507. The second-order valence-corrected chi connectivity index (χ2v) is 2.08. The van der Waals surface area contributed by atoms with Crippen LogP contribution >= 0.6 is 11.6 Å². The van der Waals surface area contributed by atoms with Crippen LogP contribution in [0.15, 0.2) is 24.3 Å². The first-order valence-electron chi connectivity index (χ1n) is 2.72. The van der Waals surface area contributed by atoms with Crippen molar-refractivity contribution in [2.24, 2.45) is 0 Å². The number of nitrogens with one attached hydrogen (secondary N) is 1. The number of rotatable bonds is 3. The van der Waals surface area contributed by atoms with E-state index in [4.69, 9.17) is 17.0 Å². The zero-order valence-electron chi connectivity index (χ0n) is 5.60. The molecule has 0 rings (SSSR count). The van der Waals surface area contributed by atoms with Gasteiger partial charge >= 0.3 is 0 Å². The van der Waals surface area contributed by atoms with Crippen molar-refractivity contribution in [3.05, 3.63) is 24.3 Å². The van der Waals surface area contributed by atoms with Crippen LogP contribution in [0.25, 0.3) is 0 Å². The first-order chi connectivity index (χ1) is 4.63. The van der Waals surface area contributed by atoms with Crippen LogP contribution < -0.4 is 0 Å². The van der Waals surface area contributed by atoms with E-state index >= 15 is 0 Å². The molecule has 54 valence electrons. The molecule has 2 nitrogen and oxygen atoms in total. The Morgan fingerprint density at radius 1 is 1.40 bits per heavy atom. The molecule has 0 bridgehead atoms. The van der Waals surface area contributed by atoms with E-state index < -0.39 is 5.24 Å². The summed E-state index contributed by atoms with van der Waals surface area (Å²) >= 11 is 4.98. The summed E-state index contributed by atoms with van der Waals surface area (Å²) in [6.45, 7) is 1.65. The molecule has 0 aromatic carbocycles. The monoisotopic (exact) mass is 157 g/mol. The number of halogens is 1. The second-order valence-electron chi connectivity index (χ2n) is 1.71. The molecule has 3 heteroatoms. The van der Waals surface area contributed by atoms with Gasteiger partial charge < -0.3 is 5.41 Å². The van der Waals surface area contributed by atoms with E-state index in [1.165, 1.54) is 12.2 Å². The Morgan fingerprint density at radius 2 is 1.90 bits per heavy atom. The first kappa shape index (κ1) is 9.11. The largest absolute Gasteiger partial charge is 0.306 e. The maximum Gasteiger partial charge on any atom is 0.245 e. The summed E-state index contributed by atoms with van der Waals surface area (Å²) in [5.74, 6) is 0. The Morgan fingerprint density at radius 3 is 2.30 bits per heavy atom. The van der Waals surface area contributed by atoms with Gasteiger partial charge in [0.05, 0.1) is 0 Å². The minimum Gasteiger partial charge on any atom is -0.306 e. The van der Waals surface area contributed by atoms with Crippen LogP contribution in [0.2, 0.25) is 0 Å². The van der Waals surface area contributed by atoms with Gasteiger partial charge in [-0.2, -0.15) is 0 Å². The van der Waals surface area contributed by atoms with Gasteiger partial charge in [-0.25, -0.2) is 0 Å². The minimum absolute atomic E-state index is 0.437. The summed E-state index contributed by atoms with van der Waals surface area (Å²) in [6, 6.07) is 0. The van der Waals surface area contributed by atoms with Crippen LogP contribution in [0.3, 0.4) is 0 Å². The van der Waals surface area contributed by atoms with Gasteiger partial charge in [-0.15, -0.1) is 0 Å². The molecule has 0 aliphatic heterocycles. The number of hydrogen-bond acceptors (Lipinski definition) is 2. The van der Waals surface area contributed by atoms with Crippen molar-refractivity contribution < 1.29 is 4.79 Å². The Bertz CT molecular complexity index is 172. The molecule has 0 aromatic heterocycles. The highest BCUT2D eigenvalue weighted by atomic mass is 35.5. The molecule has 0 unspecified atom stereocenters. The smallest absolute Gasteiger partial charge is 0.245 e. The fourth-order valence-electron chi connectivity index (χ4n) is 0.331. The molecule has 1 N–H and O–H groups in total. The summed E-state index contributed by atoms with van der Waals surface area (Å²) in [4.78, 5) is 10.1. The van der Waals surface area contributed by atoms with E-state index in [1.54, 1.807) is 19.1 Å². The summed E-state index contributed by atoms with van der Waals surface area (Å²) < 4.78 is 0. The Hall–Kier alpha value is -0.890. The van der Waals surface area contributed by atoms with Crippen molar-refractivity contribution in [3.8, 4) is 0 Å². The van der Waals surface area contributed by atoms with Crippen LogP contribution in [0.1, 0.15) is 6.92 Å². The average molecular weight is 158 g/mol. The second kappa shape index (κ2) is 4.94. The molecule has 0 saturated heterocycles. The van der Waals surface area contributed by atoms with E-state index in [1.807, 2.05) is 0 Å². The fourth-order valence-corrected chi connectivity index (χ4v) is 0.404. The topological polar surface area (TPSA) is 40.9 Å². The Labute approximate surface area is 64.7 Å². The molecule has 0 atom stereocenters. The lowest BCUT2D eigenvalue weighted by atomic mass is 10.3. The Kier molecular flexibility index (Phi) is 4.50. The molecule has 0 saturated carbocycles. The third-order valence-electron chi connectivity index (χ3n) is 0.685. The van der Waals surface area contributed by atoms with Crippen LogP contribution in [0, 0.1) is 5.41 Å². The molecular weight excluding hydrogens is 150 g/mol. The average Bonchev–Trinajstić information content (AvgIpc) is 1.79. The van der Waals surface area contributed by atoms with E-state index in [-0.39, 0.29) is 0 Å². The van der Waals surface area contributed by atoms with Gasteiger partial charge in [-0.1, -0.05) is 12.2 Å². The van der Waals surface area contributed by atoms with Gasteiger partial charge in [0.15, 0.2) is 0 Å². The third kappa shape index (κ3) is 7.11. The van der Waals surface area contributed by atoms with Gasteiger partial charge in [0, 0.05) is 5.71 Å². The van der Waals surface area contributed by atoms with Crippen molar-refractivity contribution in [3.63, 3.8) is 0 Å². The molecule has 0 aliphatic carbocycles. The van der Waals surface area contributed by atoms with Crippen molar-refractivity contribution in [2.45, 2.75) is 6.92 Å². The highest BCUT2D eigenvalue weighted by Crippen LogP contribution is 1.84. The zero-order valence-corrected chi connectivity index (χ0v) is 6.35. The van der Waals surface area contributed by atoms with Crippen LogP contribution in [-0.2, 0) is 4.79 Å². The van der Waals surface area contributed by atoms with Crippen LogP contribution in [0.4, 0.5) is 0 Å². The molecule has 0 spiro atoms. The van der Waals surface area contributed by atoms with Gasteiger partial charge in [-0.3, -0.25) is 4.79 Å². The van der Waals surface area contributed by atoms with Gasteiger partial charge in [0.1, 0.15) is 0 Å². The van der Waals surface area contributed by atoms with Crippen LogP contribution in [0.5, 0.6) is 0 Å². The van der Waals surface area contributed by atoms with E-state index in [2.05, 4.69) is 0 Å². The van der Waals surface area contributed by atoms with Crippen molar-refractivity contribution in [1.82, 2.24) is 0 Å². The standard InChI is InChI=1S/C7H8ClNO/c1-6(9)4-2-3-5-7(8)10/h2-5,9H,1H3/b4-2-,5-3+,9-6?. The Balaban J connectivity index is 3.73. The van der Waals surface area contributed by atoms with Crippen molar-refractivity contribution >= 4 is 22.6 Å². The molecule has 0 aliphatic rings. The maximum absolute atomic E-state index is 10.1. The van der Waals surface area contributed by atoms with Gasteiger partial charge in [0.25, 0.3) is 0 Å². The zero-order chi connectivity index (χ0) is 7.98. The maximum atomic E-state index is 10.1. The SMILES string of the molecule is CC(=N)/C=C\C=C\C(=O)Cl. The lowest BCUT2D eigenvalue weighted by Gasteiger charge is -1.77. The number of carbonyl (C=O) groups excluding carboxylic acids is 1. The van der Waals surface area contributed by atoms with Crippen LogP contribution in [-0.4, -0.2) is 11.0 Å². The highest BCUT2D eigenvalue weighted by molar-refractivity contribution is 6.66. The third-order valence-corrected chi connectivity index (χ3v) is 0.811. The fraction of sp³-hybridized carbons (Fsp3) is 0.143. The number of allylic oxidation sites excluding steroid dienone is 4. The van der Waals surface area contributed by atoms with Gasteiger partial charge in [-0.05, 0) is 30.7 Å². The molecule has 10 heavy (non-hydrogen) atoms. The summed E-state index contributed by atoms with van der Waals surface area (Å²) in [5, 5.41) is 6.43.